The lowest BCUT2D eigenvalue weighted by Gasteiger charge is -2.23. The molecule has 0 radical (unpaired) electrons. The Morgan fingerprint density at radius 1 is 1.40 bits per heavy atom. The van der Waals surface area contributed by atoms with Crippen LogP contribution in [0.1, 0.15) is 18.4 Å². The third-order valence-corrected chi connectivity index (χ3v) is 3.85. The fraction of sp³-hybridized carbons (Fsp3) is 0.500. The summed E-state index contributed by atoms with van der Waals surface area (Å²) in [5, 5.41) is 3.56. The smallest absolute Gasteiger partial charge is 0.0365 e. The molecule has 0 spiro atoms. The summed E-state index contributed by atoms with van der Waals surface area (Å²) in [4.78, 5) is 0. The quantitative estimate of drug-likeness (QED) is 0.756. The molecule has 1 fully saturated rings. The van der Waals surface area contributed by atoms with Crippen LogP contribution in [0.5, 0.6) is 0 Å². The van der Waals surface area contributed by atoms with Gasteiger partial charge in [-0.25, -0.2) is 0 Å². The summed E-state index contributed by atoms with van der Waals surface area (Å²) in [6.45, 7) is 2.08. The number of nitrogens with two attached hydrogens (primary N) is 1. The SMILES string of the molecule is Cc1cc(N)cc(NC2CCCSC2)c1. The molecule has 1 aromatic carbocycles. The zero-order valence-corrected chi connectivity index (χ0v) is 9.94. The molecule has 82 valence electrons. The molecule has 1 atom stereocenters. The van der Waals surface area contributed by atoms with Crippen LogP contribution in [-0.4, -0.2) is 17.5 Å². The van der Waals surface area contributed by atoms with E-state index in [0.717, 1.165) is 5.69 Å². The minimum atomic E-state index is 0.616. The highest BCUT2D eigenvalue weighted by Gasteiger charge is 2.13. The van der Waals surface area contributed by atoms with Crippen LogP contribution in [-0.2, 0) is 0 Å². The lowest BCUT2D eigenvalue weighted by atomic mass is 10.1. The van der Waals surface area contributed by atoms with Crippen LogP contribution in [0.4, 0.5) is 11.4 Å². The van der Waals surface area contributed by atoms with Crippen molar-refractivity contribution >= 4 is 23.1 Å². The maximum atomic E-state index is 5.82. The van der Waals surface area contributed by atoms with Crippen LogP contribution in [0.25, 0.3) is 0 Å². The van der Waals surface area contributed by atoms with Gasteiger partial charge in [0, 0.05) is 23.2 Å². The molecule has 1 aliphatic heterocycles. The van der Waals surface area contributed by atoms with Gasteiger partial charge in [-0.1, -0.05) is 0 Å². The van der Waals surface area contributed by atoms with E-state index in [1.165, 1.54) is 35.6 Å². The molecule has 0 amide bonds. The Bertz CT molecular complexity index is 312. The first-order valence-electron chi connectivity index (χ1n) is 5.45. The van der Waals surface area contributed by atoms with E-state index in [2.05, 4.69) is 18.3 Å². The lowest BCUT2D eigenvalue weighted by molar-refractivity contribution is 0.685. The second kappa shape index (κ2) is 4.79. The van der Waals surface area contributed by atoms with Gasteiger partial charge in [0.2, 0.25) is 0 Å². The number of rotatable bonds is 2. The van der Waals surface area contributed by atoms with Crippen LogP contribution in [0, 0.1) is 6.92 Å². The van der Waals surface area contributed by atoms with Gasteiger partial charge in [-0.2, -0.15) is 11.8 Å². The van der Waals surface area contributed by atoms with Crippen molar-refractivity contribution in [3.05, 3.63) is 23.8 Å². The van der Waals surface area contributed by atoms with Crippen LogP contribution in [0.3, 0.4) is 0 Å². The van der Waals surface area contributed by atoms with Crippen molar-refractivity contribution in [2.75, 3.05) is 22.6 Å². The van der Waals surface area contributed by atoms with Crippen LogP contribution >= 0.6 is 11.8 Å². The van der Waals surface area contributed by atoms with Crippen molar-refractivity contribution in [1.29, 1.82) is 0 Å². The standard InChI is InChI=1S/C12H18N2S/c1-9-5-10(13)7-12(6-9)14-11-3-2-4-15-8-11/h5-7,11,14H,2-4,8,13H2,1H3. The molecule has 0 aromatic heterocycles. The summed E-state index contributed by atoms with van der Waals surface area (Å²) in [7, 11) is 0. The first kappa shape index (κ1) is 10.7. The Morgan fingerprint density at radius 3 is 2.93 bits per heavy atom. The van der Waals surface area contributed by atoms with Gasteiger partial charge >= 0.3 is 0 Å². The maximum absolute atomic E-state index is 5.82. The number of benzene rings is 1. The molecule has 2 nitrogen and oxygen atoms in total. The molecule has 3 heteroatoms. The van der Waals surface area contributed by atoms with Crippen LogP contribution in [0.15, 0.2) is 18.2 Å². The molecule has 1 aromatic rings. The van der Waals surface area contributed by atoms with Crippen LogP contribution < -0.4 is 11.1 Å². The van der Waals surface area contributed by atoms with E-state index in [4.69, 9.17) is 5.73 Å². The maximum Gasteiger partial charge on any atom is 0.0365 e. The van der Waals surface area contributed by atoms with Gasteiger partial charge < -0.3 is 11.1 Å². The van der Waals surface area contributed by atoms with E-state index >= 15 is 0 Å². The summed E-state index contributed by atoms with van der Waals surface area (Å²) in [6, 6.07) is 6.80. The highest BCUT2D eigenvalue weighted by atomic mass is 32.2. The second-order valence-electron chi connectivity index (χ2n) is 4.19. The molecule has 15 heavy (non-hydrogen) atoms. The van der Waals surface area contributed by atoms with Crippen molar-refractivity contribution in [2.45, 2.75) is 25.8 Å². The van der Waals surface area contributed by atoms with Gasteiger partial charge in [0.15, 0.2) is 0 Å². The number of nitrogens with one attached hydrogen (secondary N) is 1. The summed E-state index contributed by atoms with van der Waals surface area (Å²) in [6.07, 6.45) is 2.60. The van der Waals surface area contributed by atoms with E-state index in [-0.39, 0.29) is 0 Å². The molecule has 0 bridgehead atoms. The number of hydrogen-bond acceptors (Lipinski definition) is 3. The van der Waals surface area contributed by atoms with Crippen LogP contribution in [0.2, 0.25) is 0 Å². The number of nitrogen functional groups attached to an aromatic ring is 1. The molecule has 3 N–H and O–H groups in total. The van der Waals surface area contributed by atoms with Crippen molar-refractivity contribution < 1.29 is 0 Å². The van der Waals surface area contributed by atoms with Crippen molar-refractivity contribution in [1.82, 2.24) is 0 Å². The summed E-state index contributed by atoms with van der Waals surface area (Å²) >= 11 is 2.04. The van der Waals surface area contributed by atoms with E-state index in [1.54, 1.807) is 0 Å². The molecule has 0 aliphatic carbocycles. The molecule has 1 unspecified atom stereocenters. The Morgan fingerprint density at radius 2 is 2.27 bits per heavy atom. The van der Waals surface area contributed by atoms with Crippen molar-refractivity contribution in [3.63, 3.8) is 0 Å². The van der Waals surface area contributed by atoms with Gasteiger partial charge in [0.25, 0.3) is 0 Å². The minimum Gasteiger partial charge on any atom is -0.399 e. The topological polar surface area (TPSA) is 38.0 Å². The predicted molar refractivity (Wildman–Crippen MR) is 69.6 cm³/mol. The van der Waals surface area contributed by atoms with E-state index < -0.39 is 0 Å². The van der Waals surface area contributed by atoms with Gasteiger partial charge in [-0.3, -0.25) is 0 Å². The van der Waals surface area contributed by atoms with E-state index in [0.29, 0.717) is 6.04 Å². The van der Waals surface area contributed by atoms with Crippen molar-refractivity contribution in [2.24, 2.45) is 0 Å². The average Bonchev–Trinajstić information content (AvgIpc) is 2.17. The normalized spacial score (nSPS) is 21.3. The predicted octanol–water partition coefficient (Wildman–Crippen LogP) is 2.88. The molecular weight excluding hydrogens is 204 g/mol. The zero-order chi connectivity index (χ0) is 10.7. The molecule has 0 saturated carbocycles. The summed E-state index contributed by atoms with van der Waals surface area (Å²) in [5.41, 5.74) is 9.06. The Hall–Kier alpha value is -0.830. The number of hydrogen-bond donors (Lipinski definition) is 2. The first-order chi connectivity index (χ1) is 7.24. The van der Waals surface area contributed by atoms with Gasteiger partial charge in [0.05, 0.1) is 0 Å². The first-order valence-corrected chi connectivity index (χ1v) is 6.61. The van der Waals surface area contributed by atoms with E-state index in [1.807, 2.05) is 23.9 Å². The van der Waals surface area contributed by atoms with Gasteiger partial charge in [-0.15, -0.1) is 0 Å². The third kappa shape index (κ3) is 3.06. The van der Waals surface area contributed by atoms with E-state index in [9.17, 15) is 0 Å². The fourth-order valence-corrected chi connectivity index (χ4v) is 3.06. The minimum absolute atomic E-state index is 0.616. The van der Waals surface area contributed by atoms with Gasteiger partial charge in [-0.05, 0) is 49.3 Å². The number of thioether (sulfide) groups is 1. The highest BCUT2D eigenvalue weighted by Crippen LogP contribution is 2.22. The number of anilines is 2. The average molecular weight is 222 g/mol. The Balaban J connectivity index is 2.02. The monoisotopic (exact) mass is 222 g/mol. The third-order valence-electron chi connectivity index (χ3n) is 2.63. The lowest BCUT2D eigenvalue weighted by Crippen LogP contribution is -2.25. The molecule has 1 aliphatic rings. The molecule has 1 heterocycles. The molecular formula is C12H18N2S. The summed E-state index contributed by atoms with van der Waals surface area (Å²) in [5.74, 6) is 2.53. The van der Waals surface area contributed by atoms with Gasteiger partial charge in [0.1, 0.15) is 0 Å². The largest absolute Gasteiger partial charge is 0.399 e. The Labute approximate surface area is 95.6 Å². The molecule has 2 rings (SSSR count). The summed E-state index contributed by atoms with van der Waals surface area (Å²) < 4.78 is 0. The zero-order valence-electron chi connectivity index (χ0n) is 9.12. The number of aryl methyl sites for hydroxylation is 1. The van der Waals surface area contributed by atoms with Crippen molar-refractivity contribution in [3.8, 4) is 0 Å². The highest BCUT2D eigenvalue weighted by molar-refractivity contribution is 7.99. The molecule has 1 saturated heterocycles. The second-order valence-corrected chi connectivity index (χ2v) is 5.34. The fourth-order valence-electron chi connectivity index (χ4n) is 1.99. The Kier molecular flexibility index (Phi) is 3.41.